The number of aromatic nitrogens is 1. The van der Waals surface area contributed by atoms with Crippen LogP contribution in [0.15, 0.2) is 24.3 Å². The second kappa shape index (κ2) is 6.38. The number of benzene rings is 1. The van der Waals surface area contributed by atoms with Crippen LogP contribution in [0.1, 0.15) is 15.6 Å². The molecule has 1 heterocycles. The fourth-order valence-electron chi connectivity index (χ4n) is 1.78. The van der Waals surface area contributed by atoms with Gasteiger partial charge in [-0.15, -0.1) is 11.3 Å². The van der Waals surface area contributed by atoms with Crippen molar-refractivity contribution in [2.24, 2.45) is 0 Å². The molecule has 0 saturated carbocycles. The molecule has 2 aromatic rings. The molecule has 5 nitrogen and oxygen atoms in total. The zero-order chi connectivity index (χ0) is 14.5. The quantitative estimate of drug-likeness (QED) is 0.810. The smallest absolute Gasteiger partial charge is 0.318 e. The predicted molar refractivity (Wildman–Crippen MR) is 83.4 cm³/mol. The Morgan fingerprint density at radius 1 is 1.20 bits per heavy atom. The molecule has 0 aliphatic heterocycles. The highest BCUT2D eigenvalue weighted by molar-refractivity contribution is 7.11. The number of thiazole rings is 1. The van der Waals surface area contributed by atoms with Gasteiger partial charge in [0.1, 0.15) is 0 Å². The van der Waals surface area contributed by atoms with Gasteiger partial charge in [0, 0.05) is 23.3 Å². The molecule has 0 aliphatic carbocycles. The van der Waals surface area contributed by atoms with Crippen LogP contribution in [-0.4, -0.2) is 18.1 Å². The van der Waals surface area contributed by atoms with Gasteiger partial charge in [0.05, 0.1) is 17.2 Å². The number of hydrogen-bond donors (Lipinski definition) is 3. The summed E-state index contributed by atoms with van der Waals surface area (Å²) in [5.41, 5.74) is 2.86. The van der Waals surface area contributed by atoms with Crippen LogP contribution >= 0.6 is 11.3 Å². The van der Waals surface area contributed by atoms with E-state index in [1.165, 1.54) is 4.88 Å². The maximum atomic E-state index is 11.2. The monoisotopic (exact) mass is 290 g/mol. The Morgan fingerprint density at radius 3 is 2.40 bits per heavy atom. The van der Waals surface area contributed by atoms with Crippen molar-refractivity contribution in [1.29, 1.82) is 0 Å². The lowest BCUT2D eigenvalue weighted by atomic mass is 10.2. The summed E-state index contributed by atoms with van der Waals surface area (Å²) < 4.78 is 0. The Hall–Kier alpha value is -2.08. The van der Waals surface area contributed by atoms with Gasteiger partial charge < -0.3 is 16.0 Å². The van der Waals surface area contributed by atoms with Crippen LogP contribution in [0.2, 0.25) is 0 Å². The molecule has 0 atom stereocenters. The van der Waals surface area contributed by atoms with Crippen LogP contribution in [0.4, 0.5) is 16.2 Å². The van der Waals surface area contributed by atoms with Crippen molar-refractivity contribution >= 4 is 28.7 Å². The minimum absolute atomic E-state index is 0.221. The van der Waals surface area contributed by atoms with E-state index in [2.05, 4.69) is 20.9 Å². The van der Waals surface area contributed by atoms with Crippen molar-refractivity contribution in [3.8, 4) is 0 Å². The first-order valence-corrected chi connectivity index (χ1v) is 7.15. The summed E-state index contributed by atoms with van der Waals surface area (Å²) in [6.07, 6.45) is 0. The lowest BCUT2D eigenvalue weighted by molar-refractivity contribution is 0.254. The highest BCUT2D eigenvalue weighted by Gasteiger charge is 2.04. The van der Waals surface area contributed by atoms with Crippen molar-refractivity contribution in [1.82, 2.24) is 10.3 Å². The number of rotatable bonds is 4. The zero-order valence-electron chi connectivity index (χ0n) is 11.8. The Balaban J connectivity index is 1.94. The van der Waals surface area contributed by atoms with Gasteiger partial charge in [-0.2, -0.15) is 0 Å². The van der Waals surface area contributed by atoms with Gasteiger partial charge in [0.15, 0.2) is 0 Å². The minimum atomic E-state index is -0.221. The van der Waals surface area contributed by atoms with Crippen LogP contribution in [0, 0.1) is 13.8 Å². The topological polar surface area (TPSA) is 66.1 Å². The first-order chi connectivity index (χ1) is 9.58. The van der Waals surface area contributed by atoms with Crippen LogP contribution in [0.25, 0.3) is 0 Å². The average molecular weight is 290 g/mol. The molecule has 2 rings (SSSR count). The van der Waals surface area contributed by atoms with E-state index < -0.39 is 0 Å². The molecular weight excluding hydrogens is 272 g/mol. The SMILES string of the molecule is CNC(=O)Nc1ccc(NCc2sc(C)nc2C)cc1. The van der Waals surface area contributed by atoms with E-state index in [1.54, 1.807) is 18.4 Å². The number of anilines is 2. The molecule has 0 radical (unpaired) electrons. The van der Waals surface area contributed by atoms with Crippen molar-refractivity contribution < 1.29 is 4.79 Å². The van der Waals surface area contributed by atoms with Gasteiger partial charge in [-0.3, -0.25) is 0 Å². The highest BCUT2D eigenvalue weighted by Crippen LogP contribution is 2.19. The molecule has 2 amide bonds. The van der Waals surface area contributed by atoms with Gasteiger partial charge in [-0.05, 0) is 38.1 Å². The van der Waals surface area contributed by atoms with E-state index in [4.69, 9.17) is 0 Å². The van der Waals surface area contributed by atoms with Crippen LogP contribution in [0.3, 0.4) is 0 Å². The third kappa shape index (κ3) is 3.71. The Bertz CT molecular complexity index is 592. The summed E-state index contributed by atoms with van der Waals surface area (Å²) in [7, 11) is 1.59. The standard InChI is InChI=1S/C14H18N4OS/c1-9-13(20-10(2)17-9)8-16-11-4-6-12(7-5-11)18-14(19)15-3/h4-7,16H,8H2,1-3H3,(H2,15,18,19). The number of amides is 2. The summed E-state index contributed by atoms with van der Waals surface area (Å²) >= 11 is 1.71. The molecule has 3 N–H and O–H groups in total. The second-order valence-corrected chi connectivity index (χ2v) is 5.66. The molecular formula is C14H18N4OS. The number of aryl methyl sites for hydroxylation is 2. The first-order valence-electron chi connectivity index (χ1n) is 6.34. The molecule has 0 fully saturated rings. The lowest BCUT2D eigenvalue weighted by Gasteiger charge is -2.08. The molecule has 1 aromatic carbocycles. The third-order valence-electron chi connectivity index (χ3n) is 2.82. The Kier molecular flexibility index (Phi) is 4.57. The zero-order valence-corrected chi connectivity index (χ0v) is 12.6. The fourth-order valence-corrected chi connectivity index (χ4v) is 2.66. The van der Waals surface area contributed by atoms with Crippen LogP contribution in [-0.2, 0) is 6.54 Å². The summed E-state index contributed by atoms with van der Waals surface area (Å²) in [5, 5.41) is 9.67. The highest BCUT2D eigenvalue weighted by atomic mass is 32.1. The molecule has 1 aromatic heterocycles. The number of carbonyl (C=O) groups is 1. The first kappa shape index (κ1) is 14.3. The maximum Gasteiger partial charge on any atom is 0.318 e. The van der Waals surface area contributed by atoms with E-state index in [9.17, 15) is 4.79 Å². The number of urea groups is 1. The van der Waals surface area contributed by atoms with Gasteiger partial charge in [-0.25, -0.2) is 9.78 Å². The van der Waals surface area contributed by atoms with E-state index in [0.29, 0.717) is 0 Å². The van der Waals surface area contributed by atoms with E-state index >= 15 is 0 Å². The third-order valence-corrected chi connectivity index (χ3v) is 3.90. The predicted octanol–water partition coefficient (Wildman–Crippen LogP) is 3.12. The van der Waals surface area contributed by atoms with Gasteiger partial charge in [-0.1, -0.05) is 0 Å². The summed E-state index contributed by atoms with van der Waals surface area (Å²) in [4.78, 5) is 16.8. The van der Waals surface area contributed by atoms with Crippen molar-refractivity contribution in [2.75, 3.05) is 17.7 Å². The second-order valence-electron chi connectivity index (χ2n) is 4.38. The molecule has 0 aliphatic rings. The number of hydrogen-bond acceptors (Lipinski definition) is 4. The van der Waals surface area contributed by atoms with E-state index in [1.807, 2.05) is 38.1 Å². The lowest BCUT2D eigenvalue weighted by Crippen LogP contribution is -2.24. The molecule has 20 heavy (non-hydrogen) atoms. The van der Waals surface area contributed by atoms with Crippen LogP contribution < -0.4 is 16.0 Å². The number of nitrogens with zero attached hydrogens (tertiary/aromatic N) is 1. The molecule has 0 saturated heterocycles. The largest absolute Gasteiger partial charge is 0.380 e. The molecule has 0 bridgehead atoms. The summed E-state index contributed by atoms with van der Waals surface area (Å²) in [6.45, 7) is 4.80. The Morgan fingerprint density at radius 2 is 1.85 bits per heavy atom. The van der Waals surface area contributed by atoms with Gasteiger partial charge in [0.2, 0.25) is 0 Å². The summed E-state index contributed by atoms with van der Waals surface area (Å²) in [5.74, 6) is 0. The van der Waals surface area contributed by atoms with Crippen molar-refractivity contribution in [3.63, 3.8) is 0 Å². The van der Waals surface area contributed by atoms with Crippen molar-refractivity contribution in [3.05, 3.63) is 39.8 Å². The van der Waals surface area contributed by atoms with E-state index in [0.717, 1.165) is 28.6 Å². The minimum Gasteiger partial charge on any atom is -0.380 e. The van der Waals surface area contributed by atoms with Gasteiger partial charge in [0.25, 0.3) is 0 Å². The average Bonchev–Trinajstić information content (AvgIpc) is 2.76. The number of carbonyl (C=O) groups excluding carboxylic acids is 1. The van der Waals surface area contributed by atoms with E-state index in [-0.39, 0.29) is 6.03 Å². The molecule has 0 spiro atoms. The van der Waals surface area contributed by atoms with Crippen LogP contribution in [0.5, 0.6) is 0 Å². The maximum absolute atomic E-state index is 11.2. The molecule has 106 valence electrons. The number of nitrogens with one attached hydrogen (secondary N) is 3. The normalized spacial score (nSPS) is 10.2. The van der Waals surface area contributed by atoms with Crippen molar-refractivity contribution in [2.45, 2.75) is 20.4 Å². The Labute approximate surface area is 122 Å². The summed E-state index contributed by atoms with van der Waals surface area (Å²) in [6, 6.07) is 7.38. The fraction of sp³-hybridized carbons (Fsp3) is 0.286. The van der Waals surface area contributed by atoms with Gasteiger partial charge >= 0.3 is 6.03 Å². The molecule has 0 unspecified atom stereocenters. The molecule has 6 heteroatoms.